The summed E-state index contributed by atoms with van der Waals surface area (Å²) in [4.78, 5) is 16.2. The van der Waals surface area contributed by atoms with Gasteiger partial charge in [-0.2, -0.15) is 0 Å². The van der Waals surface area contributed by atoms with Crippen LogP contribution in [0.2, 0.25) is 0 Å². The number of carbonyl (C=O) groups is 1. The van der Waals surface area contributed by atoms with Crippen LogP contribution < -0.4 is 4.74 Å². The lowest BCUT2D eigenvalue weighted by atomic mass is 9.98. The number of nitrogens with zero attached hydrogens (tertiary/aromatic N) is 1. The van der Waals surface area contributed by atoms with Crippen LogP contribution in [0.1, 0.15) is 18.4 Å². The molecular formula is C16H18NO6-. The first-order valence-corrected chi connectivity index (χ1v) is 7.04. The molecule has 23 heavy (non-hydrogen) atoms. The fourth-order valence-electron chi connectivity index (χ4n) is 2.16. The van der Waals surface area contributed by atoms with Gasteiger partial charge < -0.3 is 19.9 Å². The highest BCUT2D eigenvalue weighted by Gasteiger charge is 2.17. The largest absolute Gasteiger partial charge is 0.738 e. The van der Waals surface area contributed by atoms with Gasteiger partial charge in [-0.1, -0.05) is 24.3 Å². The molecule has 0 radical (unpaired) electrons. The van der Waals surface area contributed by atoms with E-state index in [1.54, 1.807) is 14.0 Å². The molecule has 2 aromatic rings. The number of fused-ring (bicyclic) bond motifs is 1. The molecule has 124 valence electrons. The maximum atomic E-state index is 12.0. The maximum Gasteiger partial charge on any atom is 0.313 e. The average Bonchev–Trinajstić information content (AvgIpc) is 2.56. The van der Waals surface area contributed by atoms with Crippen molar-refractivity contribution in [2.75, 3.05) is 20.3 Å². The fraction of sp³-hybridized carbons (Fsp3) is 0.312. The van der Waals surface area contributed by atoms with E-state index >= 15 is 0 Å². The van der Waals surface area contributed by atoms with Crippen molar-refractivity contribution in [1.82, 2.24) is 5.39 Å². The maximum absolute atomic E-state index is 12.0. The first-order valence-electron chi connectivity index (χ1n) is 7.04. The summed E-state index contributed by atoms with van der Waals surface area (Å²) >= 11 is 0. The number of methoxy groups -OCH3 is 1. The molecule has 0 aliphatic heterocycles. The molecule has 0 unspecified atom stereocenters. The second-order valence-corrected chi connectivity index (χ2v) is 4.93. The van der Waals surface area contributed by atoms with Gasteiger partial charge in [0.05, 0.1) is 13.0 Å². The van der Waals surface area contributed by atoms with Gasteiger partial charge in [-0.15, -0.1) is 5.39 Å². The van der Waals surface area contributed by atoms with E-state index < -0.39 is 17.3 Å². The number of hydrogen-bond acceptors (Lipinski definition) is 7. The summed E-state index contributed by atoms with van der Waals surface area (Å²) in [5.74, 6) is -0.121. The first kappa shape index (κ1) is 17.2. The molecule has 0 spiro atoms. The molecule has 0 amide bonds. The summed E-state index contributed by atoms with van der Waals surface area (Å²) in [6.07, 6.45) is 0. The number of ether oxygens (including phenoxy) is 2. The van der Waals surface area contributed by atoms with E-state index in [1.807, 2.05) is 36.4 Å². The predicted molar refractivity (Wildman–Crippen MR) is 82.8 cm³/mol. The lowest BCUT2D eigenvalue weighted by Gasteiger charge is -2.18. The zero-order valence-corrected chi connectivity index (χ0v) is 12.9. The Morgan fingerprint density at radius 2 is 1.91 bits per heavy atom. The smallest absolute Gasteiger partial charge is 0.313 e. The number of carbonyl (C=O) groups excluding carboxylic acids is 1. The highest BCUT2D eigenvalue weighted by molar-refractivity contribution is 5.86. The summed E-state index contributed by atoms with van der Waals surface area (Å²) in [5, 5.41) is 19.7. The molecule has 0 fully saturated rings. The van der Waals surface area contributed by atoms with Crippen LogP contribution in [0, 0.1) is 5.21 Å². The van der Waals surface area contributed by atoms with Gasteiger partial charge in [-0.25, -0.2) is 0 Å². The van der Waals surface area contributed by atoms with Gasteiger partial charge in [-0.3, -0.25) is 9.63 Å². The van der Waals surface area contributed by atoms with Crippen molar-refractivity contribution in [3.05, 3.63) is 47.2 Å². The molecule has 1 atom stereocenters. The fourth-order valence-corrected chi connectivity index (χ4v) is 2.16. The minimum Gasteiger partial charge on any atom is -0.738 e. The molecule has 0 heterocycles. The average molecular weight is 320 g/mol. The van der Waals surface area contributed by atoms with Gasteiger partial charge in [0.25, 0.3) is 0 Å². The Hall–Kier alpha value is -2.19. The molecule has 7 nitrogen and oxygen atoms in total. The van der Waals surface area contributed by atoms with Gasteiger partial charge in [-0.05, 0) is 35.4 Å². The Labute approximate surface area is 133 Å². The molecule has 0 aliphatic rings. The van der Waals surface area contributed by atoms with Crippen LogP contribution in [0.25, 0.3) is 10.8 Å². The summed E-state index contributed by atoms with van der Waals surface area (Å²) in [6, 6.07) is 11.4. The van der Waals surface area contributed by atoms with Crippen LogP contribution in [0.5, 0.6) is 5.75 Å². The molecular weight excluding hydrogens is 302 g/mol. The second kappa shape index (κ2) is 7.89. The third-order valence-corrected chi connectivity index (χ3v) is 3.45. The molecule has 2 aromatic carbocycles. The van der Waals surface area contributed by atoms with E-state index in [0.29, 0.717) is 0 Å². The molecule has 0 aromatic heterocycles. The third kappa shape index (κ3) is 4.64. The van der Waals surface area contributed by atoms with E-state index in [9.17, 15) is 10.0 Å². The minimum atomic E-state index is -0.672. The Balaban J connectivity index is 2.02. The molecule has 0 saturated heterocycles. The Kier molecular flexibility index (Phi) is 5.89. The topological polar surface area (TPSA) is 91.3 Å². The first-order chi connectivity index (χ1) is 11.0. The zero-order valence-electron chi connectivity index (χ0n) is 12.9. The van der Waals surface area contributed by atoms with E-state index in [2.05, 4.69) is 4.84 Å². The second-order valence-electron chi connectivity index (χ2n) is 4.93. The Morgan fingerprint density at radius 1 is 1.22 bits per heavy atom. The van der Waals surface area contributed by atoms with Crippen molar-refractivity contribution in [2.45, 2.75) is 12.8 Å². The Bertz CT molecular complexity index is 673. The van der Waals surface area contributed by atoms with Crippen molar-refractivity contribution in [2.24, 2.45) is 0 Å². The quantitative estimate of drug-likeness (QED) is 0.476. The number of hydrogen-bond donors (Lipinski definition) is 1. The number of rotatable bonds is 7. The zero-order chi connectivity index (χ0) is 16.8. The van der Waals surface area contributed by atoms with Crippen LogP contribution in [-0.2, 0) is 14.4 Å². The molecule has 7 heteroatoms. The van der Waals surface area contributed by atoms with E-state index in [4.69, 9.17) is 14.7 Å². The molecule has 0 bridgehead atoms. The van der Waals surface area contributed by atoms with Crippen LogP contribution in [0.15, 0.2) is 36.4 Å². The normalized spacial score (nSPS) is 12.4. The summed E-state index contributed by atoms with van der Waals surface area (Å²) in [5.41, 5.74) is 0.821. The van der Waals surface area contributed by atoms with E-state index in [1.165, 1.54) is 0 Å². The molecule has 2 rings (SSSR count). The van der Waals surface area contributed by atoms with Crippen molar-refractivity contribution in [3.63, 3.8) is 0 Å². The minimum absolute atomic E-state index is 0.118. The predicted octanol–water partition coefficient (Wildman–Crippen LogP) is 2.62. The van der Waals surface area contributed by atoms with Gasteiger partial charge in [0.1, 0.15) is 19.0 Å². The highest BCUT2D eigenvalue weighted by Crippen LogP contribution is 2.25. The van der Waals surface area contributed by atoms with Gasteiger partial charge >= 0.3 is 5.97 Å². The SMILES string of the molecule is COc1ccc2cc([C@@H](C)C(=O)OCCON([O-])O)ccc2c1. The molecule has 1 N–H and O–H groups in total. The van der Waals surface area contributed by atoms with E-state index in [0.717, 1.165) is 22.1 Å². The molecule has 0 aliphatic carbocycles. The van der Waals surface area contributed by atoms with Crippen LogP contribution in [0.4, 0.5) is 0 Å². The number of esters is 1. The standard InChI is InChI=1S/C16H18NO6/c1-11(16(18)22-7-8-23-17(19)20)12-3-4-14-10-15(21-2)6-5-13(14)9-12/h3-6,9-11,19H,7-8H2,1-2H3/q-1/t11-/m1/s1. The summed E-state index contributed by atoms with van der Waals surface area (Å²) < 4.78 is 10.2. The molecule has 0 saturated carbocycles. The van der Waals surface area contributed by atoms with Gasteiger partial charge in [0, 0.05) is 0 Å². The lowest BCUT2D eigenvalue weighted by Crippen LogP contribution is -2.19. The highest BCUT2D eigenvalue weighted by atomic mass is 17.1. The van der Waals surface area contributed by atoms with Crippen molar-refractivity contribution in [1.29, 1.82) is 0 Å². The van der Waals surface area contributed by atoms with Crippen LogP contribution >= 0.6 is 0 Å². The van der Waals surface area contributed by atoms with Crippen LogP contribution in [-0.4, -0.2) is 36.9 Å². The summed E-state index contributed by atoms with van der Waals surface area (Å²) in [7, 11) is 1.61. The van der Waals surface area contributed by atoms with Crippen molar-refractivity contribution < 1.29 is 24.3 Å². The monoisotopic (exact) mass is 320 g/mol. The summed E-state index contributed by atoms with van der Waals surface area (Å²) in [6.45, 7) is 1.41. The third-order valence-electron chi connectivity index (χ3n) is 3.45. The van der Waals surface area contributed by atoms with Crippen molar-refractivity contribution in [3.8, 4) is 5.75 Å². The van der Waals surface area contributed by atoms with Gasteiger partial charge in [0.15, 0.2) is 0 Å². The van der Waals surface area contributed by atoms with Gasteiger partial charge in [0.2, 0.25) is 0 Å². The Morgan fingerprint density at radius 3 is 2.61 bits per heavy atom. The van der Waals surface area contributed by atoms with Crippen LogP contribution in [0.3, 0.4) is 0 Å². The van der Waals surface area contributed by atoms with Crippen molar-refractivity contribution >= 4 is 16.7 Å². The lowest BCUT2D eigenvalue weighted by molar-refractivity contribution is -0.308. The number of benzene rings is 2. The van der Waals surface area contributed by atoms with E-state index in [-0.39, 0.29) is 13.2 Å².